The van der Waals surface area contributed by atoms with Gasteiger partial charge in [0.15, 0.2) is 5.17 Å². The van der Waals surface area contributed by atoms with Crippen molar-refractivity contribution in [3.05, 3.63) is 0 Å². The number of ether oxygens (including phenoxy) is 1. The van der Waals surface area contributed by atoms with Crippen LogP contribution in [0.5, 0.6) is 0 Å². The van der Waals surface area contributed by atoms with Crippen LogP contribution in [0.1, 0.15) is 26.7 Å². The number of hydrazone groups is 1. The minimum atomic E-state index is -0.244. The summed E-state index contributed by atoms with van der Waals surface area (Å²) in [5.41, 5.74) is 0.785. The van der Waals surface area contributed by atoms with Gasteiger partial charge in [0.05, 0.1) is 18.7 Å². The largest absolute Gasteiger partial charge is 0.466 e. The lowest BCUT2D eigenvalue weighted by molar-refractivity contribution is -0.141. The maximum atomic E-state index is 11.3. The van der Waals surface area contributed by atoms with E-state index in [1.807, 2.05) is 6.92 Å². The van der Waals surface area contributed by atoms with Gasteiger partial charge in [-0.15, -0.1) is 0 Å². The molecule has 0 aromatic carbocycles. The Morgan fingerprint density at radius 3 is 3.00 bits per heavy atom. The molecule has 0 atom stereocenters. The van der Waals surface area contributed by atoms with Crippen molar-refractivity contribution in [2.75, 3.05) is 18.9 Å². The predicted octanol–water partition coefficient (Wildman–Crippen LogP) is 1.69. The molecule has 0 bridgehead atoms. The summed E-state index contributed by atoms with van der Waals surface area (Å²) in [7, 11) is 0. The Morgan fingerprint density at radius 2 is 2.38 bits per heavy atom. The molecule has 0 saturated heterocycles. The van der Waals surface area contributed by atoms with Gasteiger partial charge in [0, 0.05) is 12.3 Å². The standard InChI is InChI=1S/C10H17N3O2S/c1-3-5-13-10(11)16-7-8(12-13)6-9(14)15-4-2/h11H,3-7H2,1-2H3. The van der Waals surface area contributed by atoms with Crippen LogP contribution < -0.4 is 0 Å². The summed E-state index contributed by atoms with van der Waals surface area (Å²) in [4.78, 5) is 11.3. The van der Waals surface area contributed by atoms with Crippen molar-refractivity contribution >= 4 is 28.6 Å². The van der Waals surface area contributed by atoms with Crippen molar-refractivity contribution in [1.82, 2.24) is 5.01 Å². The molecule has 6 heteroatoms. The molecule has 0 fully saturated rings. The lowest BCUT2D eigenvalue weighted by Crippen LogP contribution is -2.31. The van der Waals surface area contributed by atoms with Crippen LogP contribution in [0.25, 0.3) is 0 Å². The lowest BCUT2D eigenvalue weighted by Gasteiger charge is -2.24. The topological polar surface area (TPSA) is 65.8 Å². The second-order valence-corrected chi connectivity index (χ2v) is 4.33. The summed E-state index contributed by atoms with van der Waals surface area (Å²) >= 11 is 1.40. The number of carbonyl (C=O) groups excluding carboxylic acids is 1. The number of carbonyl (C=O) groups is 1. The Hall–Kier alpha value is -1.04. The molecule has 1 N–H and O–H groups in total. The number of thioether (sulfide) groups is 1. The van der Waals surface area contributed by atoms with Gasteiger partial charge in [-0.3, -0.25) is 10.2 Å². The first-order valence-corrected chi connectivity index (χ1v) is 6.36. The van der Waals surface area contributed by atoms with E-state index >= 15 is 0 Å². The van der Waals surface area contributed by atoms with Crippen LogP contribution in [0.4, 0.5) is 0 Å². The first-order chi connectivity index (χ1) is 7.67. The number of amidine groups is 1. The third-order valence-corrected chi connectivity index (χ3v) is 2.92. The Kier molecular flexibility index (Phi) is 5.31. The molecule has 1 aliphatic rings. The van der Waals surface area contributed by atoms with E-state index in [9.17, 15) is 4.79 Å². The molecule has 0 saturated carbocycles. The maximum absolute atomic E-state index is 11.3. The average Bonchev–Trinajstić information content (AvgIpc) is 2.24. The van der Waals surface area contributed by atoms with E-state index in [0.717, 1.165) is 18.7 Å². The van der Waals surface area contributed by atoms with Crippen molar-refractivity contribution in [3.8, 4) is 0 Å². The highest BCUT2D eigenvalue weighted by molar-refractivity contribution is 8.14. The number of rotatable bonds is 5. The van der Waals surface area contributed by atoms with E-state index in [-0.39, 0.29) is 12.4 Å². The number of hydrogen-bond acceptors (Lipinski definition) is 5. The molecule has 0 aromatic rings. The van der Waals surface area contributed by atoms with Crippen LogP contribution in [-0.2, 0) is 9.53 Å². The molecule has 90 valence electrons. The molecule has 1 heterocycles. The third kappa shape index (κ3) is 3.84. The molecule has 5 nitrogen and oxygen atoms in total. The van der Waals surface area contributed by atoms with Gasteiger partial charge < -0.3 is 4.74 Å². The van der Waals surface area contributed by atoms with Gasteiger partial charge >= 0.3 is 5.97 Å². The second-order valence-electron chi connectivity index (χ2n) is 3.36. The monoisotopic (exact) mass is 243 g/mol. The van der Waals surface area contributed by atoms with E-state index in [4.69, 9.17) is 10.1 Å². The van der Waals surface area contributed by atoms with E-state index in [2.05, 4.69) is 5.10 Å². The van der Waals surface area contributed by atoms with Crippen LogP contribution in [0.3, 0.4) is 0 Å². The summed E-state index contributed by atoms with van der Waals surface area (Å²) in [5, 5.41) is 14.0. The summed E-state index contributed by atoms with van der Waals surface area (Å²) in [6.07, 6.45) is 1.16. The third-order valence-electron chi connectivity index (χ3n) is 1.96. The zero-order chi connectivity index (χ0) is 12.0. The highest BCUT2D eigenvalue weighted by Crippen LogP contribution is 2.16. The Balaban J connectivity index is 2.56. The van der Waals surface area contributed by atoms with Gasteiger partial charge in [-0.1, -0.05) is 18.7 Å². The highest BCUT2D eigenvalue weighted by Gasteiger charge is 2.19. The zero-order valence-electron chi connectivity index (χ0n) is 9.65. The van der Waals surface area contributed by atoms with Gasteiger partial charge in [0.25, 0.3) is 0 Å². The molecule has 16 heavy (non-hydrogen) atoms. The summed E-state index contributed by atoms with van der Waals surface area (Å²) < 4.78 is 4.87. The summed E-state index contributed by atoms with van der Waals surface area (Å²) in [6.45, 7) is 4.94. The number of hydrogen-bond donors (Lipinski definition) is 1. The van der Waals surface area contributed by atoms with Crippen LogP contribution >= 0.6 is 11.8 Å². The van der Waals surface area contributed by atoms with E-state index in [0.29, 0.717) is 17.5 Å². The van der Waals surface area contributed by atoms with Crippen molar-refractivity contribution < 1.29 is 9.53 Å². The Labute approximate surface area is 99.7 Å². The van der Waals surface area contributed by atoms with Crippen LogP contribution in [-0.4, -0.2) is 40.8 Å². The first kappa shape index (κ1) is 13.0. The smallest absolute Gasteiger partial charge is 0.311 e. The highest BCUT2D eigenvalue weighted by atomic mass is 32.2. The normalized spacial score (nSPS) is 16.0. The number of nitrogens with one attached hydrogen (secondary N) is 1. The minimum absolute atomic E-state index is 0.230. The Morgan fingerprint density at radius 1 is 1.62 bits per heavy atom. The van der Waals surface area contributed by atoms with Crippen molar-refractivity contribution in [2.45, 2.75) is 26.7 Å². The molecular formula is C10H17N3O2S. The first-order valence-electron chi connectivity index (χ1n) is 5.38. The van der Waals surface area contributed by atoms with E-state index in [1.165, 1.54) is 11.8 Å². The van der Waals surface area contributed by atoms with Crippen molar-refractivity contribution in [3.63, 3.8) is 0 Å². The fraction of sp³-hybridized carbons (Fsp3) is 0.700. The van der Waals surface area contributed by atoms with Gasteiger partial charge in [0.1, 0.15) is 0 Å². The molecule has 0 amide bonds. The van der Waals surface area contributed by atoms with Gasteiger partial charge in [0.2, 0.25) is 0 Å². The molecule has 0 spiro atoms. The van der Waals surface area contributed by atoms with E-state index < -0.39 is 0 Å². The molecule has 0 unspecified atom stereocenters. The molecule has 0 radical (unpaired) electrons. The molecular weight excluding hydrogens is 226 g/mol. The summed E-state index contributed by atoms with van der Waals surface area (Å²) in [5.74, 6) is 0.365. The number of nitrogens with zero attached hydrogens (tertiary/aromatic N) is 2. The van der Waals surface area contributed by atoms with Gasteiger partial charge in [-0.05, 0) is 13.3 Å². The number of esters is 1. The fourth-order valence-electron chi connectivity index (χ4n) is 1.30. The van der Waals surface area contributed by atoms with Crippen molar-refractivity contribution in [2.24, 2.45) is 5.10 Å². The van der Waals surface area contributed by atoms with Crippen LogP contribution in [0.15, 0.2) is 5.10 Å². The maximum Gasteiger partial charge on any atom is 0.311 e. The zero-order valence-corrected chi connectivity index (χ0v) is 10.5. The van der Waals surface area contributed by atoms with Crippen molar-refractivity contribution in [1.29, 1.82) is 5.41 Å². The quantitative estimate of drug-likeness (QED) is 0.746. The molecule has 1 aliphatic heterocycles. The van der Waals surface area contributed by atoms with E-state index in [1.54, 1.807) is 11.9 Å². The van der Waals surface area contributed by atoms with Crippen LogP contribution in [0.2, 0.25) is 0 Å². The molecule has 0 aliphatic carbocycles. The summed E-state index contributed by atoms with van der Waals surface area (Å²) in [6, 6.07) is 0. The van der Waals surface area contributed by atoms with Gasteiger partial charge in [-0.2, -0.15) is 5.10 Å². The van der Waals surface area contributed by atoms with Gasteiger partial charge in [-0.25, -0.2) is 5.01 Å². The average molecular weight is 243 g/mol. The molecule has 1 rings (SSSR count). The fourth-order valence-corrected chi connectivity index (χ4v) is 2.04. The Bertz CT molecular complexity index is 304. The lowest BCUT2D eigenvalue weighted by atomic mass is 10.3. The SMILES string of the molecule is CCCN1N=C(CC(=O)OCC)CSC1=N. The molecule has 0 aromatic heterocycles. The minimum Gasteiger partial charge on any atom is -0.466 e. The second kappa shape index (κ2) is 6.52. The van der Waals surface area contributed by atoms with Crippen LogP contribution in [0, 0.1) is 5.41 Å². The predicted molar refractivity (Wildman–Crippen MR) is 65.9 cm³/mol.